The van der Waals surface area contributed by atoms with Gasteiger partial charge < -0.3 is 14.4 Å². The molecule has 28 heavy (non-hydrogen) atoms. The smallest absolute Gasteiger partial charge is 0.339 e. The molecule has 0 bridgehead atoms. The van der Waals surface area contributed by atoms with E-state index in [1.54, 1.807) is 17.0 Å². The lowest BCUT2D eigenvalue weighted by atomic mass is 10.1. The number of benzene rings is 2. The number of halogens is 1. The van der Waals surface area contributed by atoms with Crippen molar-refractivity contribution in [2.75, 3.05) is 13.1 Å². The number of amides is 2. The third-order valence-electron chi connectivity index (χ3n) is 3.81. The summed E-state index contributed by atoms with van der Waals surface area (Å²) in [6.07, 6.45) is 0. The summed E-state index contributed by atoms with van der Waals surface area (Å²) in [5, 5.41) is 2.79. The van der Waals surface area contributed by atoms with E-state index in [1.165, 1.54) is 12.1 Å². The quantitative estimate of drug-likeness (QED) is 0.675. The Bertz CT molecular complexity index is 881. The predicted octanol–water partition coefficient (Wildman–Crippen LogP) is 3.78. The Balaban J connectivity index is 2.09. The topological polar surface area (TPSA) is 75.7 Å². The van der Waals surface area contributed by atoms with Crippen molar-refractivity contribution in [2.24, 2.45) is 5.92 Å². The van der Waals surface area contributed by atoms with E-state index >= 15 is 0 Å². The van der Waals surface area contributed by atoms with Crippen LogP contribution in [0.25, 0.3) is 0 Å². The molecule has 2 rings (SSSR count). The van der Waals surface area contributed by atoms with Gasteiger partial charge in [0.2, 0.25) is 0 Å². The predicted molar refractivity (Wildman–Crippen MR) is 105 cm³/mol. The van der Waals surface area contributed by atoms with Gasteiger partial charge in [0.1, 0.15) is 16.5 Å². The Labute approximate surface area is 165 Å². The average molecular weight is 408 g/mol. The third kappa shape index (κ3) is 6.23. The molecule has 0 aliphatic carbocycles. The highest BCUT2D eigenvalue weighted by atomic mass is 32.2. The summed E-state index contributed by atoms with van der Waals surface area (Å²) in [5.74, 6) is -0.0751. The van der Waals surface area contributed by atoms with Gasteiger partial charge in [-0.05, 0) is 54.8 Å². The molecule has 2 amide bonds. The molecule has 0 aliphatic rings. The molecule has 2 aromatic rings. The lowest BCUT2D eigenvalue weighted by Gasteiger charge is -2.25. The highest BCUT2D eigenvalue weighted by molar-refractivity contribution is 7.87. The molecule has 8 heteroatoms. The molecule has 0 heterocycles. The third-order valence-corrected chi connectivity index (χ3v) is 5.07. The van der Waals surface area contributed by atoms with Crippen molar-refractivity contribution in [1.82, 2.24) is 10.2 Å². The first-order valence-corrected chi connectivity index (χ1v) is 10.4. The van der Waals surface area contributed by atoms with E-state index in [1.807, 2.05) is 20.8 Å². The maximum Gasteiger partial charge on any atom is 0.339 e. The van der Waals surface area contributed by atoms with Crippen LogP contribution in [0.1, 0.15) is 26.3 Å². The lowest BCUT2D eigenvalue weighted by molar-refractivity contribution is 0.188. The second-order valence-electron chi connectivity index (χ2n) is 6.75. The Kier molecular flexibility index (Phi) is 7.39. The summed E-state index contributed by atoms with van der Waals surface area (Å²) in [5.41, 5.74) is 0.846. The number of rotatable bonds is 8. The van der Waals surface area contributed by atoms with Gasteiger partial charge in [0, 0.05) is 19.6 Å². The first-order chi connectivity index (χ1) is 13.2. The number of hydrogen-bond donors (Lipinski definition) is 1. The van der Waals surface area contributed by atoms with Gasteiger partial charge in [0.25, 0.3) is 0 Å². The van der Waals surface area contributed by atoms with Crippen molar-refractivity contribution < 1.29 is 21.8 Å². The van der Waals surface area contributed by atoms with Gasteiger partial charge in [0.05, 0.1) is 0 Å². The molecule has 0 saturated carbocycles. The van der Waals surface area contributed by atoms with Crippen LogP contribution in [0.5, 0.6) is 5.75 Å². The van der Waals surface area contributed by atoms with Crippen molar-refractivity contribution >= 4 is 16.1 Å². The number of carbonyl (C=O) groups excluding carboxylic acids is 1. The maximum absolute atomic E-state index is 13.0. The zero-order valence-electron chi connectivity index (χ0n) is 16.2. The van der Waals surface area contributed by atoms with E-state index < -0.39 is 15.9 Å². The molecule has 6 nitrogen and oxygen atoms in total. The lowest BCUT2D eigenvalue weighted by Crippen LogP contribution is -2.41. The van der Waals surface area contributed by atoms with Gasteiger partial charge in [0.15, 0.2) is 0 Å². The fourth-order valence-electron chi connectivity index (χ4n) is 2.57. The minimum Gasteiger partial charge on any atom is -0.379 e. The number of nitrogens with one attached hydrogen (secondary N) is 1. The van der Waals surface area contributed by atoms with Crippen LogP contribution < -0.4 is 9.50 Å². The molecule has 152 valence electrons. The Morgan fingerprint density at radius 2 is 1.71 bits per heavy atom. The molecule has 0 atom stereocenters. The monoisotopic (exact) mass is 408 g/mol. The summed E-state index contributed by atoms with van der Waals surface area (Å²) >= 11 is 0. The van der Waals surface area contributed by atoms with E-state index in [9.17, 15) is 17.6 Å². The first kappa shape index (κ1) is 21.7. The molecule has 0 aromatic heterocycles. The zero-order valence-corrected chi connectivity index (χ0v) is 17.0. The summed E-state index contributed by atoms with van der Waals surface area (Å²) in [6, 6.07) is 10.8. The van der Waals surface area contributed by atoms with Crippen LogP contribution in [0.15, 0.2) is 53.4 Å². The van der Waals surface area contributed by atoms with Gasteiger partial charge >= 0.3 is 16.1 Å². The normalized spacial score (nSPS) is 11.3. The van der Waals surface area contributed by atoms with Crippen molar-refractivity contribution in [3.05, 3.63) is 59.9 Å². The number of hydrogen-bond acceptors (Lipinski definition) is 4. The largest absolute Gasteiger partial charge is 0.379 e. The number of carbonyl (C=O) groups is 1. The second-order valence-corrected chi connectivity index (χ2v) is 8.29. The molecule has 0 spiro atoms. The maximum atomic E-state index is 13.0. The van der Waals surface area contributed by atoms with Gasteiger partial charge in [-0.15, -0.1) is 0 Å². The van der Waals surface area contributed by atoms with Gasteiger partial charge in [-0.25, -0.2) is 9.18 Å². The number of urea groups is 1. The van der Waals surface area contributed by atoms with Crippen molar-refractivity contribution in [1.29, 1.82) is 0 Å². The molecule has 0 unspecified atom stereocenters. The van der Waals surface area contributed by atoms with Crippen LogP contribution in [0.2, 0.25) is 0 Å². The highest BCUT2D eigenvalue weighted by Crippen LogP contribution is 2.20. The van der Waals surface area contributed by atoms with Crippen molar-refractivity contribution in [2.45, 2.75) is 32.2 Å². The molecule has 0 fully saturated rings. The van der Waals surface area contributed by atoms with E-state index in [4.69, 9.17) is 4.18 Å². The Morgan fingerprint density at radius 3 is 2.25 bits per heavy atom. The second kappa shape index (κ2) is 9.54. The molecule has 0 radical (unpaired) electrons. The van der Waals surface area contributed by atoms with Crippen LogP contribution >= 0.6 is 0 Å². The fourth-order valence-corrected chi connectivity index (χ4v) is 3.50. The minimum atomic E-state index is -4.04. The minimum absolute atomic E-state index is 0.127. The van der Waals surface area contributed by atoms with Crippen LogP contribution in [-0.2, 0) is 16.7 Å². The van der Waals surface area contributed by atoms with E-state index in [2.05, 4.69) is 5.32 Å². The van der Waals surface area contributed by atoms with Crippen LogP contribution in [0, 0.1) is 11.7 Å². The van der Waals surface area contributed by atoms with Crippen LogP contribution in [0.3, 0.4) is 0 Å². The summed E-state index contributed by atoms with van der Waals surface area (Å²) in [4.78, 5) is 13.8. The molecular formula is C20H25FN2O4S. The van der Waals surface area contributed by atoms with Gasteiger partial charge in [-0.1, -0.05) is 26.0 Å². The van der Waals surface area contributed by atoms with Crippen LogP contribution in [-0.4, -0.2) is 32.4 Å². The van der Waals surface area contributed by atoms with Gasteiger partial charge in [-0.3, -0.25) is 0 Å². The molecule has 1 N–H and O–H groups in total. The number of nitrogens with zero attached hydrogens (tertiary/aromatic N) is 1. The van der Waals surface area contributed by atoms with E-state index in [0.29, 0.717) is 25.6 Å². The summed E-state index contributed by atoms with van der Waals surface area (Å²) in [7, 11) is -4.04. The average Bonchev–Trinajstić information content (AvgIpc) is 2.62. The van der Waals surface area contributed by atoms with Crippen LogP contribution in [0.4, 0.5) is 9.18 Å². The molecule has 2 aromatic carbocycles. The van der Waals surface area contributed by atoms with Crippen molar-refractivity contribution in [3.8, 4) is 5.75 Å². The summed E-state index contributed by atoms with van der Waals surface area (Å²) in [6.45, 7) is 7.46. The Hall–Kier alpha value is -2.61. The molecule has 0 aliphatic heterocycles. The summed E-state index contributed by atoms with van der Waals surface area (Å²) < 4.78 is 42.6. The standard InChI is InChI=1S/C20H25FN2O4S/c1-4-22-20(24)23(13-15(2)3)14-16-5-9-18(10-6-16)27-28(25,26)19-11-7-17(21)8-12-19/h5-12,15H,4,13-14H2,1-3H3,(H,22,24). The highest BCUT2D eigenvalue weighted by Gasteiger charge is 2.18. The van der Waals surface area contributed by atoms with Gasteiger partial charge in [-0.2, -0.15) is 8.42 Å². The van der Waals surface area contributed by atoms with Crippen molar-refractivity contribution in [3.63, 3.8) is 0 Å². The molecule has 0 saturated heterocycles. The zero-order chi connectivity index (χ0) is 20.7. The molecular weight excluding hydrogens is 383 g/mol. The Morgan fingerprint density at radius 1 is 1.11 bits per heavy atom. The fraction of sp³-hybridized carbons (Fsp3) is 0.350. The SMILES string of the molecule is CCNC(=O)N(Cc1ccc(OS(=O)(=O)c2ccc(F)cc2)cc1)CC(C)C. The first-order valence-electron chi connectivity index (χ1n) is 9.03. The van der Waals surface area contributed by atoms with E-state index in [-0.39, 0.29) is 16.7 Å². The van der Waals surface area contributed by atoms with E-state index in [0.717, 1.165) is 29.8 Å².